The number of hydrogen-bond acceptors (Lipinski definition) is 2. The monoisotopic (exact) mass is 750 g/mol. The Hall–Kier alpha value is -1.45. The van der Waals surface area contributed by atoms with Crippen molar-refractivity contribution in [2.75, 3.05) is 0 Å². The fraction of sp³-hybridized carbons (Fsp3) is 0.235. The predicted molar refractivity (Wildman–Crippen MR) is 193 cm³/mol. The summed E-state index contributed by atoms with van der Waals surface area (Å²) in [5.41, 5.74) is 15.5. The standard InChI is InChI=1S/2C17H21NSi2.2ClH.Zr/c2*1-10-5-15(16-6-11(2)18-17(10)16)12-7-13(19-3)9-14(8-12)20-4;;;/h2*5-9H,19-20H2,1-4H3;2*1H;/q;;;;+2/p-2. The fourth-order valence-electron chi connectivity index (χ4n) is 5.96. The van der Waals surface area contributed by atoms with Crippen LogP contribution in [0.4, 0.5) is 0 Å². The number of hydrogen-bond donors (Lipinski definition) is 0. The molecule has 0 radical (unpaired) electrons. The van der Waals surface area contributed by atoms with E-state index in [-0.39, 0.29) is 89.1 Å². The Balaban J connectivity index is 0.000000281. The minimum atomic E-state index is -0.0986. The molecule has 0 saturated carbocycles. The summed E-state index contributed by atoms with van der Waals surface area (Å²) in [4.78, 5) is 9.32. The number of fused-ring (bicyclic) bond motifs is 2. The molecule has 0 aromatic heterocycles. The van der Waals surface area contributed by atoms with Crippen molar-refractivity contribution < 1.29 is 51.0 Å². The van der Waals surface area contributed by atoms with Gasteiger partial charge in [-0.2, -0.15) is 0 Å². The van der Waals surface area contributed by atoms with Crippen LogP contribution in [-0.2, 0) is 26.2 Å². The Morgan fingerprint density at radius 3 is 1.02 bits per heavy atom. The van der Waals surface area contributed by atoms with Gasteiger partial charge in [0, 0.05) is 22.6 Å². The molecule has 0 N–H and O–H groups in total. The molecule has 222 valence electrons. The van der Waals surface area contributed by atoms with Crippen LogP contribution in [0.25, 0.3) is 11.1 Å². The Morgan fingerprint density at radius 2 is 0.744 bits per heavy atom. The Bertz CT molecular complexity index is 1510. The number of aliphatic imine (C=N–C) groups is 2. The van der Waals surface area contributed by atoms with Gasteiger partial charge in [-0.1, -0.05) is 83.3 Å². The van der Waals surface area contributed by atoms with Crippen LogP contribution in [0, 0.1) is 0 Å². The largest absolute Gasteiger partial charge is 2.00 e. The second kappa shape index (κ2) is 16.2. The molecule has 0 bridgehead atoms. The molecule has 9 heteroatoms. The molecule has 6 rings (SSSR count). The van der Waals surface area contributed by atoms with Crippen LogP contribution in [0.1, 0.15) is 38.8 Å². The van der Waals surface area contributed by atoms with Crippen molar-refractivity contribution in [3.63, 3.8) is 0 Å². The Kier molecular flexibility index (Phi) is 14.2. The van der Waals surface area contributed by atoms with Crippen molar-refractivity contribution in [2.45, 2.75) is 53.9 Å². The molecule has 43 heavy (non-hydrogen) atoms. The van der Waals surface area contributed by atoms with Gasteiger partial charge in [-0.25, -0.2) is 0 Å². The number of halogens is 2. The van der Waals surface area contributed by atoms with Crippen LogP contribution >= 0.6 is 0 Å². The van der Waals surface area contributed by atoms with E-state index in [1.54, 1.807) is 20.7 Å². The van der Waals surface area contributed by atoms with E-state index < -0.39 is 0 Å². The van der Waals surface area contributed by atoms with Crippen LogP contribution in [0.15, 0.2) is 104 Å². The minimum Gasteiger partial charge on any atom is -1.00 e. The van der Waals surface area contributed by atoms with Crippen LogP contribution in [0.5, 0.6) is 0 Å². The molecule has 0 atom stereocenters. The third kappa shape index (κ3) is 8.04. The summed E-state index contributed by atoms with van der Waals surface area (Å²) in [5.74, 6) is 0. The number of nitrogens with zero attached hydrogens (tertiary/aromatic N) is 2. The Morgan fingerprint density at radius 1 is 0.442 bits per heavy atom. The predicted octanol–water partition coefficient (Wildman–Crippen LogP) is -3.11. The second-order valence-electron chi connectivity index (χ2n) is 11.3. The van der Waals surface area contributed by atoms with E-state index in [1.165, 1.54) is 56.0 Å². The molecule has 2 nitrogen and oxygen atoms in total. The number of rotatable bonds is 6. The van der Waals surface area contributed by atoms with E-state index in [4.69, 9.17) is 0 Å². The van der Waals surface area contributed by atoms with E-state index in [2.05, 4.69) is 125 Å². The molecule has 2 aliphatic heterocycles. The SMILES string of the molecule is C[SiH2]c1cc([SiH2]C)cc(C2=CC(C)=C3N=C(C)C=C23)c1.C[SiH2]c1cc([SiH2]C)cc(C2=CC(C)=C3N=C(C)C=C23)c1.[Cl-].[Cl-].[Zr+2]. The van der Waals surface area contributed by atoms with Gasteiger partial charge in [-0.3, -0.25) is 9.98 Å². The van der Waals surface area contributed by atoms with Crippen LogP contribution in [-0.4, -0.2) is 49.5 Å². The van der Waals surface area contributed by atoms with Gasteiger partial charge in [-0.05, 0) is 85.4 Å². The number of allylic oxidation sites excluding steroid dienone is 8. The van der Waals surface area contributed by atoms with Gasteiger partial charge in [0.1, 0.15) is 0 Å². The first-order chi connectivity index (χ1) is 19.2. The van der Waals surface area contributed by atoms with Gasteiger partial charge in [0.05, 0.1) is 49.5 Å². The molecular weight excluding hydrogens is 711 g/mol. The average molecular weight is 753 g/mol. The van der Waals surface area contributed by atoms with E-state index >= 15 is 0 Å². The van der Waals surface area contributed by atoms with Gasteiger partial charge in [0.2, 0.25) is 0 Å². The molecule has 0 fully saturated rings. The van der Waals surface area contributed by atoms with E-state index in [1.807, 2.05) is 0 Å². The van der Waals surface area contributed by atoms with Crippen molar-refractivity contribution in [3.05, 3.63) is 106 Å². The normalized spacial score (nSPS) is 17.0. The minimum absolute atomic E-state index is 0. The molecular formula is C34H42Cl2N2Si4Zr. The van der Waals surface area contributed by atoms with Crippen molar-refractivity contribution in [2.24, 2.45) is 9.98 Å². The van der Waals surface area contributed by atoms with Crippen molar-refractivity contribution in [3.8, 4) is 0 Å². The molecule has 2 aliphatic carbocycles. The molecule has 4 aliphatic rings. The smallest absolute Gasteiger partial charge is 1.00 e. The van der Waals surface area contributed by atoms with Gasteiger partial charge < -0.3 is 24.8 Å². The topological polar surface area (TPSA) is 24.7 Å². The van der Waals surface area contributed by atoms with Crippen molar-refractivity contribution >= 4 is 81.4 Å². The second-order valence-corrected chi connectivity index (χ2v) is 17.4. The molecule has 0 unspecified atom stereocenters. The van der Waals surface area contributed by atoms with E-state index in [9.17, 15) is 0 Å². The van der Waals surface area contributed by atoms with Gasteiger partial charge in [0.15, 0.2) is 0 Å². The third-order valence-corrected chi connectivity index (χ3v) is 13.1. The molecule has 2 aromatic rings. The first-order valence-electron chi connectivity index (χ1n) is 14.9. The van der Waals surface area contributed by atoms with Gasteiger partial charge in [-0.15, -0.1) is 0 Å². The molecule has 0 saturated heterocycles. The maximum atomic E-state index is 4.66. The first-order valence-corrected chi connectivity index (χ1v) is 23.4. The van der Waals surface area contributed by atoms with Crippen LogP contribution < -0.4 is 45.6 Å². The molecule has 2 heterocycles. The Labute approximate surface area is 299 Å². The van der Waals surface area contributed by atoms with Crippen LogP contribution in [0.2, 0.25) is 26.2 Å². The zero-order valence-electron chi connectivity index (χ0n) is 26.8. The van der Waals surface area contributed by atoms with E-state index in [0.29, 0.717) is 0 Å². The fourth-order valence-corrected chi connectivity index (χ4v) is 10.1. The first kappa shape index (κ1) is 37.7. The zero-order valence-corrected chi connectivity index (χ0v) is 36.4. The van der Waals surface area contributed by atoms with Gasteiger partial charge in [0.25, 0.3) is 0 Å². The molecule has 2 aromatic carbocycles. The van der Waals surface area contributed by atoms with Crippen LogP contribution in [0.3, 0.4) is 0 Å². The summed E-state index contributed by atoms with van der Waals surface area (Å²) in [6, 6.07) is 14.5. The summed E-state index contributed by atoms with van der Waals surface area (Å²) in [7, 11) is -0.394. The third-order valence-electron chi connectivity index (χ3n) is 8.20. The quantitative estimate of drug-likeness (QED) is 0.280. The summed E-state index contributed by atoms with van der Waals surface area (Å²) in [6.07, 6.45) is 9.09. The van der Waals surface area contributed by atoms with Crippen molar-refractivity contribution in [1.29, 1.82) is 0 Å². The summed E-state index contributed by atoms with van der Waals surface area (Å²) in [6.45, 7) is 18.0. The average Bonchev–Trinajstić information content (AvgIpc) is 3.70. The van der Waals surface area contributed by atoms with Crippen molar-refractivity contribution in [1.82, 2.24) is 0 Å². The zero-order chi connectivity index (χ0) is 28.6. The van der Waals surface area contributed by atoms with Gasteiger partial charge >= 0.3 is 26.2 Å². The summed E-state index contributed by atoms with van der Waals surface area (Å²) in [5, 5.41) is 6.37. The summed E-state index contributed by atoms with van der Waals surface area (Å²) >= 11 is 0. The number of benzene rings is 2. The summed E-state index contributed by atoms with van der Waals surface area (Å²) < 4.78 is 0. The maximum absolute atomic E-state index is 4.66. The maximum Gasteiger partial charge on any atom is 2.00 e. The molecule has 0 amide bonds. The van der Waals surface area contributed by atoms with E-state index in [0.717, 1.165) is 11.4 Å². The molecule has 0 spiro atoms.